The smallest absolute Gasteiger partial charge is 0.274 e. The van der Waals surface area contributed by atoms with Gasteiger partial charge in [0.25, 0.3) is 5.91 Å². The van der Waals surface area contributed by atoms with Gasteiger partial charge in [-0.2, -0.15) is 5.10 Å². The van der Waals surface area contributed by atoms with E-state index in [4.69, 9.17) is 0 Å². The third-order valence-electron chi connectivity index (χ3n) is 4.83. The minimum atomic E-state index is 0.0212. The first kappa shape index (κ1) is 15.1. The van der Waals surface area contributed by atoms with Crippen LogP contribution in [0.1, 0.15) is 34.8 Å². The fourth-order valence-corrected chi connectivity index (χ4v) is 3.45. The molecule has 1 atom stereocenters. The molecule has 0 saturated carbocycles. The number of rotatable bonds is 3. The summed E-state index contributed by atoms with van der Waals surface area (Å²) in [5, 5.41) is 4.24. The summed E-state index contributed by atoms with van der Waals surface area (Å²) in [5.41, 5.74) is 1.76. The van der Waals surface area contributed by atoms with Crippen LogP contribution in [0, 0.1) is 0 Å². The lowest BCUT2D eigenvalue weighted by Crippen LogP contribution is -2.36. The number of aryl methyl sites for hydroxylation is 1. The summed E-state index contributed by atoms with van der Waals surface area (Å²) >= 11 is 0. The molecule has 0 aliphatic carbocycles. The number of amides is 1. The van der Waals surface area contributed by atoms with Crippen LogP contribution in [0.5, 0.6) is 0 Å². The summed E-state index contributed by atoms with van der Waals surface area (Å²) in [6, 6.07) is 0.178. The van der Waals surface area contributed by atoms with Gasteiger partial charge in [-0.15, -0.1) is 0 Å². The molecule has 2 aliphatic rings. The molecule has 126 valence electrons. The number of fused-ring (bicyclic) bond motifs is 1. The van der Waals surface area contributed by atoms with E-state index in [1.807, 2.05) is 47.4 Å². The molecule has 1 amide bonds. The van der Waals surface area contributed by atoms with E-state index >= 15 is 0 Å². The van der Waals surface area contributed by atoms with E-state index < -0.39 is 0 Å². The summed E-state index contributed by atoms with van der Waals surface area (Å²) in [6.45, 7) is 6.17. The van der Waals surface area contributed by atoms with E-state index in [1.165, 1.54) is 5.56 Å². The SMILES string of the molecule is C[C@H]1c2nc(C(=O)N3CC=CC3)cn2CCN1Cc1cnn(C)c1. The maximum atomic E-state index is 12.5. The van der Waals surface area contributed by atoms with Gasteiger partial charge in [-0.1, -0.05) is 12.2 Å². The maximum absolute atomic E-state index is 12.5. The highest BCUT2D eigenvalue weighted by Crippen LogP contribution is 2.26. The Hall–Kier alpha value is -2.41. The molecule has 7 heteroatoms. The first-order valence-corrected chi connectivity index (χ1v) is 8.35. The van der Waals surface area contributed by atoms with Crippen molar-refractivity contribution in [2.45, 2.75) is 26.1 Å². The van der Waals surface area contributed by atoms with Gasteiger partial charge in [0.1, 0.15) is 11.5 Å². The Morgan fingerprint density at radius 1 is 1.25 bits per heavy atom. The van der Waals surface area contributed by atoms with Crippen LogP contribution >= 0.6 is 0 Å². The van der Waals surface area contributed by atoms with E-state index in [2.05, 4.69) is 26.5 Å². The van der Waals surface area contributed by atoms with Gasteiger partial charge in [-0.25, -0.2) is 4.98 Å². The second kappa shape index (κ2) is 5.90. The number of nitrogens with zero attached hydrogens (tertiary/aromatic N) is 6. The van der Waals surface area contributed by atoms with E-state index in [1.54, 1.807) is 0 Å². The molecule has 0 fully saturated rings. The molecular formula is C17H22N6O. The Morgan fingerprint density at radius 3 is 2.75 bits per heavy atom. The molecule has 7 nitrogen and oxygen atoms in total. The number of aromatic nitrogens is 4. The largest absolute Gasteiger partial charge is 0.331 e. The van der Waals surface area contributed by atoms with Crippen LogP contribution < -0.4 is 0 Å². The van der Waals surface area contributed by atoms with Crippen LogP contribution in [0.4, 0.5) is 0 Å². The molecular weight excluding hydrogens is 304 g/mol. The van der Waals surface area contributed by atoms with Gasteiger partial charge in [0, 0.05) is 57.7 Å². The highest BCUT2D eigenvalue weighted by molar-refractivity contribution is 5.92. The maximum Gasteiger partial charge on any atom is 0.274 e. The second-order valence-corrected chi connectivity index (χ2v) is 6.53. The minimum Gasteiger partial charge on any atom is -0.331 e. The van der Waals surface area contributed by atoms with Gasteiger partial charge in [-0.3, -0.25) is 14.4 Å². The highest BCUT2D eigenvalue weighted by Gasteiger charge is 2.29. The third-order valence-corrected chi connectivity index (χ3v) is 4.83. The molecule has 2 aliphatic heterocycles. The van der Waals surface area contributed by atoms with Crippen molar-refractivity contribution in [3.63, 3.8) is 0 Å². The molecule has 0 unspecified atom stereocenters. The summed E-state index contributed by atoms with van der Waals surface area (Å²) in [6.07, 6.45) is 9.90. The zero-order valence-electron chi connectivity index (χ0n) is 14.1. The van der Waals surface area contributed by atoms with Gasteiger partial charge < -0.3 is 9.47 Å². The van der Waals surface area contributed by atoms with Crippen LogP contribution in [0.3, 0.4) is 0 Å². The lowest BCUT2D eigenvalue weighted by molar-refractivity contribution is 0.0794. The Morgan fingerprint density at radius 2 is 2.04 bits per heavy atom. The Bertz CT molecular complexity index is 781. The van der Waals surface area contributed by atoms with E-state index in [0.717, 1.165) is 25.5 Å². The molecule has 2 aromatic heterocycles. The topological polar surface area (TPSA) is 59.2 Å². The van der Waals surface area contributed by atoms with Crippen LogP contribution in [0.15, 0.2) is 30.7 Å². The van der Waals surface area contributed by atoms with Crippen molar-refractivity contribution < 1.29 is 4.79 Å². The Kier molecular flexibility index (Phi) is 3.72. The number of carbonyl (C=O) groups is 1. The van der Waals surface area contributed by atoms with Gasteiger partial charge in [0.2, 0.25) is 0 Å². The highest BCUT2D eigenvalue weighted by atomic mass is 16.2. The fourth-order valence-electron chi connectivity index (χ4n) is 3.45. The lowest BCUT2D eigenvalue weighted by Gasteiger charge is -2.33. The molecule has 4 heterocycles. The number of hydrogen-bond acceptors (Lipinski definition) is 4. The van der Waals surface area contributed by atoms with Crippen LogP contribution in [-0.2, 0) is 20.1 Å². The van der Waals surface area contributed by atoms with Gasteiger partial charge in [-0.05, 0) is 6.92 Å². The van der Waals surface area contributed by atoms with Crippen molar-refractivity contribution in [2.24, 2.45) is 7.05 Å². The molecule has 4 rings (SSSR count). The Balaban J connectivity index is 1.52. The zero-order valence-corrected chi connectivity index (χ0v) is 14.1. The summed E-state index contributed by atoms with van der Waals surface area (Å²) < 4.78 is 3.95. The quantitative estimate of drug-likeness (QED) is 0.796. The van der Waals surface area contributed by atoms with E-state index in [0.29, 0.717) is 18.8 Å². The number of carbonyl (C=O) groups excluding carboxylic acids is 1. The minimum absolute atomic E-state index is 0.0212. The van der Waals surface area contributed by atoms with Crippen LogP contribution in [0.25, 0.3) is 0 Å². The third kappa shape index (κ3) is 2.65. The van der Waals surface area contributed by atoms with Crippen molar-refractivity contribution >= 4 is 5.91 Å². The average molecular weight is 326 g/mol. The van der Waals surface area contributed by atoms with Gasteiger partial charge >= 0.3 is 0 Å². The van der Waals surface area contributed by atoms with Gasteiger partial charge in [0.05, 0.1) is 12.2 Å². The van der Waals surface area contributed by atoms with Crippen LogP contribution in [-0.4, -0.2) is 54.7 Å². The normalized spacial score (nSPS) is 20.6. The van der Waals surface area contributed by atoms with E-state index in [9.17, 15) is 4.79 Å². The monoisotopic (exact) mass is 326 g/mol. The molecule has 0 N–H and O–H groups in total. The number of hydrogen-bond donors (Lipinski definition) is 0. The van der Waals surface area contributed by atoms with Crippen LogP contribution in [0.2, 0.25) is 0 Å². The second-order valence-electron chi connectivity index (χ2n) is 6.53. The van der Waals surface area contributed by atoms with E-state index in [-0.39, 0.29) is 11.9 Å². The molecule has 0 radical (unpaired) electrons. The molecule has 0 spiro atoms. The molecule has 0 aromatic carbocycles. The molecule has 0 bridgehead atoms. The first-order valence-electron chi connectivity index (χ1n) is 8.35. The van der Waals surface area contributed by atoms with Crippen molar-refractivity contribution in [3.05, 3.63) is 47.8 Å². The van der Waals surface area contributed by atoms with Crippen molar-refractivity contribution in [1.29, 1.82) is 0 Å². The summed E-state index contributed by atoms with van der Waals surface area (Å²) in [7, 11) is 1.93. The molecule has 0 saturated heterocycles. The fraction of sp³-hybridized carbons (Fsp3) is 0.471. The zero-order chi connectivity index (χ0) is 16.7. The molecule has 24 heavy (non-hydrogen) atoms. The summed E-state index contributed by atoms with van der Waals surface area (Å²) in [5.74, 6) is 0.994. The predicted octanol–water partition coefficient (Wildman–Crippen LogP) is 1.21. The average Bonchev–Trinajstić information content (AvgIpc) is 3.30. The number of imidazole rings is 1. The standard InChI is InChI=1S/C17H22N6O/c1-13-16-19-15(17(24)21-5-3-4-6-21)12-23(16)8-7-22(13)11-14-9-18-20(2)10-14/h3-4,9-10,12-13H,5-8,11H2,1-2H3/t13-/m0/s1. The lowest BCUT2D eigenvalue weighted by atomic mass is 10.2. The van der Waals surface area contributed by atoms with Crippen molar-refractivity contribution in [1.82, 2.24) is 29.1 Å². The summed E-state index contributed by atoms with van der Waals surface area (Å²) in [4.78, 5) is 21.4. The predicted molar refractivity (Wildman–Crippen MR) is 89.3 cm³/mol. The van der Waals surface area contributed by atoms with Crippen molar-refractivity contribution in [3.8, 4) is 0 Å². The van der Waals surface area contributed by atoms with Crippen molar-refractivity contribution in [2.75, 3.05) is 19.6 Å². The first-order chi connectivity index (χ1) is 11.6. The Labute approximate surface area is 141 Å². The van der Waals surface area contributed by atoms with Gasteiger partial charge in [0.15, 0.2) is 0 Å². The molecule has 2 aromatic rings.